The zero-order chi connectivity index (χ0) is 9.52. The predicted octanol–water partition coefficient (Wildman–Crippen LogP) is 2.69. The molecule has 0 saturated heterocycles. The van der Waals surface area contributed by atoms with Gasteiger partial charge in [-0.3, -0.25) is 0 Å². The van der Waals surface area contributed by atoms with Crippen molar-refractivity contribution in [3.8, 4) is 0 Å². The molecule has 1 aromatic carbocycles. The van der Waals surface area contributed by atoms with Crippen molar-refractivity contribution in [2.24, 2.45) is 5.73 Å². The van der Waals surface area contributed by atoms with E-state index in [0.717, 1.165) is 12.0 Å². The van der Waals surface area contributed by atoms with Crippen LogP contribution in [0.2, 0.25) is 0 Å². The maximum atomic E-state index is 5.38. The van der Waals surface area contributed by atoms with Gasteiger partial charge < -0.3 is 5.73 Å². The van der Waals surface area contributed by atoms with Crippen LogP contribution in [0.15, 0.2) is 36.9 Å². The first-order valence-electron chi connectivity index (χ1n) is 4.46. The van der Waals surface area contributed by atoms with Gasteiger partial charge in [0.15, 0.2) is 0 Å². The summed E-state index contributed by atoms with van der Waals surface area (Å²) in [7, 11) is 0. The summed E-state index contributed by atoms with van der Waals surface area (Å²) in [6, 6.07) is 8.23. The van der Waals surface area contributed by atoms with Crippen LogP contribution in [0.1, 0.15) is 17.5 Å². The van der Waals surface area contributed by atoms with Crippen LogP contribution in [-0.2, 0) is 0 Å². The summed E-state index contributed by atoms with van der Waals surface area (Å²) in [5.41, 5.74) is 7.73. The molecular weight excluding hydrogens is 158 g/mol. The SMILES string of the molecule is C=Cc1cccc(C=CCCN)c1. The Morgan fingerprint density at radius 2 is 2.08 bits per heavy atom. The van der Waals surface area contributed by atoms with E-state index in [4.69, 9.17) is 5.73 Å². The van der Waals surface area contributed by atoms with Gasteiger partial charge in [0.2, 0.25) is 0 Å². The Labute approximate surface area is 79.6 Å². The molecule has 0 aliphatic carbocycles. The summed E-state index contributed by atoms with van der Waals surface area (Å²) in [4.78, 5) is 0. The summed E-state index contributed by atoms with van der Waals surface area (Å²) in [6.45, 7) is 4.43. The van der Waals surface area contributed by atoms with E-state index in [2.05, 4.69) is 30.9 Å². The molecule has 0 saturated carbocycles. The second-order valence-electron chi connectivity index (χ2n) is 2.85. The Hall–Kier alpha value is -1.34. The van der Waals surface area contributed by atoms with Gasteiger partial charge in [0, 0.05) is 0 Å². The Balaban J connectivity index is 2.71. The lowest BCUT2D eigenvalue weighted by Gasteiger charge is -1.95. The zero-order valence-electron chi connectivity index (χ0n) is 7.74. The van der Waals surface area contributed by atoms with Crippen LogP contribution in [0.4, 0.5) is 0 Å². The van der Waals surface area contributed by atoms with Gasteiger partial charge >= 0.3 is 0 Å². The molecular formula is C12H15N. The highest BCUT2D eigenvalue weighted by Gasteiger charge is 1.87. The predicted molar refractivity (Wildman–Crippen MR) is 59.2 cm³/mol. The number of hydrogen-bond donors (Lipinski definition) is 1. The van der Waals surface area contributed by atoms with Gasteiger partial charge in [-0.25, -0.2) is 0 Å². The molecule has 0 amide bonds. The molecule has 1 heteroatoms. The van der Waals surface area contributed by atoms with Gasteiger partial charge in [-0.05, 0) is 30.2 Å². The van der Waals surface area contributed by atoms with Gasteiger partial charge in [-0.2, -0.15) is 0 Å². The van der Waals surface area contributed by atoms with Gasteiger partial charge in [0.1, 0.15) is 0 Å². The molecule has 13 heavy (non-hydrogen) atoms. The topological polar surface area (TPSA) is 26.0 Å². The molecule has 0 bridgehead atoms. The Morgan fingerprint density at radius 3 is 2.77 bits per heavy atom. The normalized spacial score (nSPS) is 10.5. The van der Waals surface area contributed by atoms with E-state index in [0.29, 0.717) is 6.54 Å². The molecule has 0 atom stereocenters. The molecule has 0 fully saturated rings. The highest BCUT2D eigenvalue weighted by molar-refractivity contribution is 5.56. The smallest absolute Gasteiger partial charge is 0.00425 e. The quantitative estimate of drug-likeness (QED) is 0.744. The molecule has 0 spiro atoms. The standard InChI is InChI=1S/C12H15N/c1-2-11-7-5-8-12(10-11)6-3-4-9-13/h2-3,5-8,10H,1,4,9,13H2. The monoisotopic (exact) mass is 173 g/mol. The van der Waals surface area contributed by atoms with Crippen molar-refractivity contribution in [1.82, 2.24) is 0 Å². The fourth-order valence-electron chi connectivity index (χ4n) is 1.11. The van der Waals surface area contributed by atoms with Crippen LogP contribution in [-0.4, -0.2) is 6.54 Å². The van der Waals surface area contributed by atoms with Crippen molar-refractivity contribution in [2.45, 2.75) is 6.42 Å². The number of benzene rings is 1. The molecule has 0 aromatic heterocycles. The van der Waals surface area contributed by atoms with Gasteiger partial charge in [-0.15, -0.1) is 0 Å². The lowest BCUT2D eigenvalue weighted by molar-refractivity contribution is 1.01. The van der Waals surface area contributed by atoms with Crippen molar-refractivity contribution in [1.29, 1.82) is 0 Å². The lowest BCUT2D eigenvalue weighted by Crippen LogP contribution is -1.94. The largest absolute Gasteiger partial charge is 0.330 e. The second kappa shape index (κ2) is 5.33. The van der Waals surface area contributed by atoms with E-state index in [1.54, 1.807) is 0 Å². The second-order valence-corrected chi connectivity index (χ2v) is 2.85. The molecule has 1 aromatic rings. The van der Waals surface area contributed by atoms with E-state index in [1.807, 2.05) is 18.2 Å². The minimum absolute atomic E-state index is 0.706. The third-order valence-electron chi connectivity index (χ3n) is 1.79. The van der Waals surface area contributed by atoms with Crippen LogP contribution in [0.25, 0.3) is 12.2 Å². The molecule has 1 nitrogen and oxygen atoms in total. The first-order chi connectivity index (χ1) is 6.36. The molecule has 68 valence electrons. The number of hydrogen-bond acceptors (Lipinski definition) is 1. The fourth-order valence-corrected chi connectivity index (χ4v) is 1.11. The minimum atomic E-state index is 0.706. The summed E-state index contributed by atoms with van der Waals surface area (Å²) in [5, 5.41) is 0. The zero-order valence-corrected chi connectivity index (χ0v) is 7.74. The highest BCUT2D eigenvalue weighted by Crippen LogP contribution is 2.08. The Kier molecular flexibility index (Phi) is 4.00. The summed E-state index contributed by atoms with van der Waals surface area (Å²) in [5.74, 6) is 0. The maximum Gasteiger partial charge on any atom is -0.00425 e. The third kappa shape index (κ3) is 3.26. The molecule has 0 heterocycles. The van der Waals surface area contributed by atoms with E-state index in [-0.39, 0.29) is 0 Å². The molecule has 0 unspecified atom stereocenters. The lowest BCUT2D eigenvalue weighted by atomic mass is 10.1. The highest BCUT2D eigenvalue weighted by atomic mass is 14.5. The minimum Gasteiger partial charge on any atom is -0.330 e. The van der Waals surface area contributed by atoms with Crippen molar-refractivity contribution in [3.63, 3.8) is 0 Å². The summed E-state index contributed by atoms with van der Waals surface area (Å²) < 4.78 is 0. The first-order valence-corrected chi connectivity index (χ1v) is 4.46. The molecule has 0 aliphatic rings. The van der Waals surface area contributed by atoms with Crippen molar-refractivity contribution in [3.05, 3.63) is 48.0 Å². The summed E-state index contributed by atoms with van der Waals surface area (Å²) >= 11 is 0. The van der Waals surface area contributed by atoms with Gasteiger partial charge in [-0.1, -0.05) is 43.0 Å². The average molecular weight is 173 g/mol. The Bertz CT molecular complexity index is 300. The average Bonchev–Trinajstić information content (AvgIpc) is 2.19. The van der Waals surface area contributed by atoms with Gasteiger partial charge in [0.05, 0.1) is 0 Å². The molecule has 1 rings (SSSR count). The van der Waals surface area contributed by atoms with Crippen molar-refractivity contribution >= 4 is 12.2 Å². The van der Waals surface area contributed by atoms with Crippen LogP contribution in [0.3, 0.4) is 0 Å². The van der Waals surface area contributed by atoms with E-state index < -0.39 is 0 Å². The van der Waals surface area contributed by atoms with Crippen molar-refractivity contribution in [2.75, 3.05) is 6.54 Å². The number of nitrogens with two attached hydrogens (primary N) is 1. The van der Waals surface area contributed by atoms with Gasteiger partial charge in [0.25, 0.3) is 0 Å². The molecule has 0 radical (unpaired) electrons. The fraction of sp³-hybridized carbons (Fsp3) is 0.167. The van der Waals surface area contributed by atoms with E-state index in [9.17, 15) is 0 Å². The van der Waals surface area contributed by atoms with Crippen LogP contribution >= 0.6 is 0 Å². The van der Waals surface area contributed by atoms with E-state index >= 15 is 0 Å². The van der Waals surface area contributed by atoms with Crippen LogP contribution in [0, 0.1) is 0 Å². The molecule has 0 aliphatic heterocycles. The third-order valence-corrected chi connectivity index (χ3v) is 1.79. The number of rotatable bonds is 4. The van der Waals surface area contributed by atoms with Crippen molar-refractivity contribution < 1.29 is 0 Å². The summed E-state index contributed by atoms with van der Waals surface area (Å²) in [6.07, 6.45) is 6.95. The van der Waals surface area contributed by atoms with Crippen LogP contribution < -0.4 is 5.73 Å². The maximum absolute atomic E-state index is 5.38. The van der Waals surface area contributed by atoms with E-state index in [1.165, 1.54) is 5.56 Å². The molecule has 2 N–H and O–H groups in total. The van der Waals surface area contributed by atoms with Crippen LogP contribution in [0.5, 0.6) is 0 Å². The first kappa shape index (κ1) is 9.75. The Morgan fingerprint density at radius 1 is 1.31 bits per heavy atom.